The summed E-state index contributed by atoms with van der Waals surface area (Å²) in [5.41, 5.74) is 3.19. The lowest BCUT2D eigenvalue weighted by Crippen LogP contribution is -2.32. The van der Waals surface area contributed by atoms with Gasteiger partial charge < -0.3 is 20.4 Å². The lowest BCUT2D eigenvalue weighted by molar-refractivity contribution is 0.252. The highest BCUT2D eigenvalue weighted by molar-refractivity contribution is 5.93. The van der Waals surface area contributed by atoms with Crippen molar-refractivity contribution in [2.75, 3.05) is 48.3 Å². The molecule has 0 saturated carbocycles. The quantitative estimate of drug-likeness (QED) is 0.742. The summed E-state index contributed by atoms with van der Waals surface area (Å²) >= 11 is 0. The van der Waals surface area contributed by atoms with Gasteiger partial charge in [0.25, 0.3) is 0 Å². The first-order chi connectivity index (χ1) is 12.7. The molecule has 0 aliphatic carbocycles. The van der Waals surface area contributed by atoms with E-state index >= 15 is 0 Å². The summed E-state index contributed by atoms with van der Waals surface area (Å²) in [7, 11) is 2.07. The molecule has 2 amide bonds. The normalized spacial score (nSPS) is 13.5. The largest absolute Gasteiger partial charge is 0.375 e. The molecule has 3 rings (SSSR count). The minimum absolute atomic E-state index is 0.140. The van der Waals surface area contributed by atoms with Gasteiger partial charge in [-0.15, -0.1) is 0 Å². The number of benzene rings is 2. The van der Waals surface area contributed by atoms with Crippen LogP contribution < -0.4 is 20.4 Å². The molecule has 0 atom stereocenters. The van der Waals surface area contributed by atoms with E-state index < -0.39 is 0 Å². The van der Waals surface area contributed by atoms with Gasteiger partial charge in [0.05, 0.1) is 11.4 Å². The fraction of sp³-hybridized carbons (Fsp3) is 0.381. The Morgan fingerprint density at radius 3 is 2.50 bits per heavy atom. The van der Waals surface area contributed by atoms with Gasteiger partial charge in [-0.2, -0.15) is 0 Å². The van der Waals surface area contributed by atoms with E-state index in [0.29, 0.717) is 6.54 Å². The summed E-state index contributed by atoms with van der Waals surface area (Å²) in [5.74, 6) is 0. The number of amides is 2. The number of carbonyl (C=O) groups excluding carboxylic acids is 1. The smallest absolute Gasteiger partial charge is 0.319 e. The fourth-order valence-corrected chi connectivity index (χ4v) is 3.31. The predicted molar refractivity (Wildman–Crippen MR) is 109 cm³/mol. The molecule has 0 bridgehead atoms. The van der Waals surface area contributed by atoms with Crippen molar-refractivity contribution in [3.63, 3.8) is 0 Å². The van der Waals surface area contributed by atoms with E-state index in [2.05, 4.69) is 45.7 Å². The number of para-hydroxylation sites is 3. The maximum absolute atomic E-state index is 12.2. The molecular formula is C21H28N4O. The van der Waals surface area contributed by atoms with Crippen LogP contribution in [0.4, 0.5) is 21.9 Å². The summed E-state index contributed by atoms with van der Waals surface area (Å²) in [6.45, 7) is 3.67. The number of hydrogen-bond acceptors (Lipinski definition) is 3. The maximum atomic E-state index is 12.2. The Hall–Kier alpha value is -2.69. The minimum atomic E-state index is -0.140. The Morgan fingerprint density at radius 1 is 1.04 bits per heavy atom. The van der Waals surface area contributed by atoms with Crippen LogP contribution in [0.2, 0.25) is 0 Å². The van der Waals surface area contributed by atoms with E-state index in [4.69, 9.17) is 0 Å². The number of anilines is 3. The van der Waals surface area contributed by atoms with Crippen molar-refractivity contribution in [1.29, 1.82) is 0 Å². The van der Waals surface area contributed by atoms with E-state index in [1.54, 1.807) is 0 Å². The monoisotopic (exact) mass is 352 g/mol. The molecule has 5 heteroatoms. The van der Waals surface area contributed by atoms with Crippen LogP contribution in [0, 0.1) is 0 Å². The molecule has 0 radical (unpaired) electrons. The highest BCUT2D eigenvalue weighted by Crippen LogP contribution is 2.28. The van der Waals surface area contributed by atoms with E-state index in [1.165, 1.54) is 18.5 Å². The van der Waals surface area contributed by atoms with Gasteiger partial charge in [0.15, 0.2) is 0 Å². The zero-order chi connectivity index (χ0) is 18.2. The van der Waals surface area contributed by atoms with Crippen LogP contribution in [0.5, 0.6) is 0 Å². The number of nitrogens with zero attached hydrogens (tertiary/aromatic N) is 2. The number of hydrogen-bond donors (Lipinski definition) is 2. The lowest BCUT2D eigenvalue weighted by Gasteiger charge is -2.22. The average Bonchev–Trinajstić information content (AvgIpc) is 3.21. The minimum Gasteiger partial charge on any atom is -0.375 e. The third kappa shape index (κ3) is 4.91. The van der Waals surface area contributed by atoms with Gasteiger partial charge in [-0.3, -0.25) is 0 Å². The Bertz CT molecular complexity index is 698. The molecule has 2 N–H and O–H groups in total. The first-order valence-corrected chi connectivity index (χ1v) is 9.39. The zero-order valence-corrected chi connectivity index (χ0v) is 15.4. The highest BCUT2D eigenvalue weighted by atomic mass is 16.2. The topological polar surface area (TPSA) is 47.6 Å². The molecule has 5 nitrogen and oxygen atoms in total. The van der Waals surface area contributed by atoms with Crippen molar-refractivity contribution in [2.24, 2.45) is 0 Å². The summed E-state index contributed by atoms with van der Waals surface area (Å²) in [4.78, 5) is 16.8. The van der Waals surface area contributed by atoms with Crippen LogP contribution in [0.3, 0.4) is 0 Å². The summed E-state index contributed by atoms with van der Waals surface area (Å²) in [6, 6.07) is 18.2. The van der Waals surface area contributed by atoms with E-state index in [1.807, 2.05) is 36.4 Å². The van der Waals surface area contributed by atoms with Gasteiger partial charge in [0.1, 0.15) is 0 Å². The van der Waals surface area contributed by atoms with Gasteiger partial charge in [0.2, 0.25) is 0 Å². The lowest BCUT2D eigenvalue weighted by atomic mass is 10.2. The van der Waals surface area contributed by atoms with Gasteiger partial charge in [0, 0.05) is 38.9 Å². The van der Waals surface area contributed by atoms with Crippen molar-refractivity contribution in [3.8, 4) is 0 Å². The molecule has 1 aliphatic heterocycles. The maximum Gasteiger partial charge on any atom is 0.319 e. The van der Waals surface area contributed by atoms with Gasteiger partial charge in [-0.05, 0) is 43.5 Å². The number of nitrogens with one attached hydrogen (secondary N) is 2. The van der Waals surface area contributed by atoms with Crippen LogP contribution in [-0.2, 0) is 0 Å². The standard InChI is InChI=1S/C21H28N4O/c1-24(18-10-3-2-4-11-18)15-9-14-22-21(26)23-19-12-5-6-13-20(19)25-16-7-8-17-25/h2-6,10-13H,7-9,14-17H2,1H3,(H2,22,23,26). The molecule has 138 valence electrons. The van der Waals surface area contributed by atoms with Crippen molar-refractivity contribution < 1.29 is 4.79 Å². The third-order valence-electron chi connectivity index (χ3n) is 4.75. The molecule has 1 saturated heterocycles. The van der Waals surface area contributed by atoms with Crippen molar-refractivity contribution in [1.82, 2.24) is 5.32 Å². The van der Waals surface area contributed by atoms with Crippen molar-refractivity contribution in [2.45, 2.75) is 19.3 Å². The van der Waals surface area contributed by atoms with Crippen LogP contribution >= 0.6 is 0 Å². The Morgan fingerprint density at radius 2 is 1.73 bits per heavy atom. The Labute approximate surface area is 156 Å². The first-order valence-electron chi connectivity index (χ1n) is 9.39. The molecule has 26 heavy (non-hydrogen) atoms. The zero-order valence-electron chi connectivity index (χ0n) is 15.4. The molecule has 1 fully saturated rings. The Balaban J connectivity index is 1.43. The second kappa shape index (κ2) is 9.13. The van der Waals surface area contributed by atoms with Crippen LogP contribution in [-0.4, -0.2) is 39.3 Å². The molecule has 0 spiro atoms. The number of rotatable bonds is 7. The van der Waals surface area contributed by atoms with Crippen molar-refractivity contribution in [3.05, 3.63) is 54.6 Å². The van der Waals surface area contributed by atoms with E-state index in [0.717, 1.165) is 37.4 Å². The molecule has 1 aliphatic rings. The number of urea groups is 1. The van der Waals surface area contributed by atoms with Crippen molar-refractivity contribution >= 4 is 23.1 Å². The summed E-state index contributed by atoms with van der Waals surface area (Å²) in [6.07, 6.45) is 3.33. The van der Waals surface area contributed by atoms with E-state index in [-0.39, 0.29) is 6.03 Å². The molecular weight excluding hydrogens is 324 g/mol. The molecule has 1 heterocycles. The van der Waals surface area contributed by atoms with E-state index in [9.17, 15) is 4.79 Å². The molecule has 0 aromatic heterocycles. The average molecular weight is 352 g/mol. The Kier molecular flexibility index (Phi) is 6.36. The van der Waals surface area contributed by atoms with Gasteiger partial charge in [-0.25, -0.2) is 4.79 Å². The van der Waals surface area contributed by atoms with Gasteiger partial charge >= 0.3 is 6.03 Å². The second-order valence-electron chi connectivity index (χ2n) is 6.70. The second-order valence-corrected chi connectivity index (χ2v) is 6.70. The fourth-order valence-electron chi connectivity index (χ4n) is 3.31. The SMILES string of the molecule is CN(CCCNC(=O)Nc1ccccc1N1CCCC1)c1ccccc1. The van der Waals surface area contributed by atoms with Crippen LogP contribution in [0.1, 0.15) is 19.3 Å². The molecule has 2 aromatic carbocycles. The third-order valence-corrected chi connectivity index (χ3v) is 4.75. The van der Waals surface area contributed by atoms with Gasteiger partial charge in [-0.1, -0.05) is 30.3 Å². The first kappa shape index (κ1) is 18.1. The predicted octanol–water partition coefficient (Wildman–Crippen LogP) is 3.93. The van der Waals surface area contributed by atoms with Crippen LogP contribution in [0.15, 0.2) is 54.6 Å². The summed E-state index contributed by atoms with van der Waals surface area (Å²) in [5, 5.41) is 5.96. The highest BCUT2D eigenvalue weighted by Gasteiger charge is 2.16. The molecule has 2 aromatic rings. The number of carbonyl (C=O) groups is 1. The molecule has 0 unspecified atom stereocenters. The summed E-state index contributed by atoms with van der Waals surface area (Å²) < 4.78 is 0. The van der Waals surface area contributed by atoms with Crippen LogP contribution in [0.25, 0.3) is 0 Å².